The number of hydrogen-bond acceptors (Lipinski definition) is 9. The van der Waals surface area contributed by atoms with Crippen molar-refractivity contribution in [1.29, 1.82) is 0 Å². The molecule has 29 heavy (non-hydrogen) atoms. The standard InChI is InChI=1S/C18H16N4O7/c1-26-13-8-10(9-14(27-2)15(13)28-3)16(23)19-18-21-20-17(29-18)11-6-4-5-7-12(11)22(24)25/h4-9H,1-3H3,(H,19,21,23). The van der Waals surface area contributed by atoms with Gasteiger partial charge in [-0.3, -0.25) is 20.2 Å². The molecule has 0 aliphatic rings. The molecule has 0 bridgehead atoms. The Kier molecular flexibility index (Phi) is 5.58. The molecule has 3 rings (SSSR count). The number of rotatable bonds is 7. The van der Waals surface area contributed by atoms with E-state index in [2.05, 4.69) is 15.5 Å². The summed E-state index contributed by atoms with van der Waals surface area (Å²) in [5.41, 5.74) is 0.127. The Labute approximate surface area is 164 Å². The third-order valence-corrected chi connectivity index (χ3v) is 3.90. The summed E-state index contributed by atoms with van der Waals surface area (Å²) in [5, 5.41) is 21.1. The van der Waals surface area contributed by atoms with Gasteiger partial charge in [0.25, 0.3) is 17.5 Å². The average Bonchev–Trinajstić information content (AvgIpc) is 3.20. The van der Waals surface area contributed by atoms with Gasteiger partial charge in [0.15, 0.2) is 11.5 Å². The molecule has 0 fully saturated rings. The maximum atomic E-state index is 12.6. The molecule has 2 aromatic carbocycles. The Balaban J connectivity index is 1.87. The summed E-state index contributed by atoms with van der Waals surface area (Å²) in [7, 11) is 4.30. The number of para-hydroxylation sites is 1. The molecule has 0 unspecified atom stereocenters. The first-order chi connectivity index (χ1) is 14.0. The fourth-order valence-electron chi connectivity index (χ4n) is 2.58. The van der Waals surface area contributed by atoms with Crippen LogP contribution in [0.25, 0.3) is 11.5 Å². The largest absolute Gasteiger partial charge is 0.493 e. The second-order valence-corrected chi connectivity index (χ2v) is 5.55. The number of benzene rings is 2. The smallest absolute Gasteiger partial charge is 0.322 e. The van der Waals surface area contributed by atoms with E-state index in [1.165, 1.54) is 51.7 Å². The van der Waals surface area contributed by atoms with E-state index in [1.54, 1.807) is 6.07 Å². The van der Waals surface area contributed by atoms with Gasteiger partial charge < -0.3 is 18.6 Å². The number of nitro benzene ring substituents is 1. The van der Waals surface area contributed by atoms with Crippen LogP contribution >= 0.6 is 0 Å². The van der Waals surface area contributed by atoms with Gasteiger partial charge in [0, 0.05) is 11.6 Å². The third-order valence-electron chi connectivity index (χ3n) is 3.90. The van der Waals surface area contributed by atoms with Gasteiger partial charge in [-0.15, -0.1) is 5.10 Å². The molecular weight excluding hydrogens is 384 g/mol. The number of aromatic nitrogens is 2. The number of ether oxygens (including phenoxy) is 3. The summed E-state index contributed by atoms with van der Waals surface area (Å²) in [5.74, 6) is 0.244. The van der Waals surface area contributed by atoms with Crippen LogP contribution in [0.3, 0.4) is 0 Å². The van der Waals surface area contributed by atoms with E-state index in [4.69, 9.17) is 18.6 Å². The molecule has 0 atom stereocenters. The van der Waals surface area contributed by atoms with Crippen LogP contribution in [-0.4, -0.2) is 42.4 Å². The van der Waals surface area contributed by atoms with Gasteiger partial charge in [-0.1, -0.05) is 17.2 Å². The lowest BCUT2D eigenvalue weighted by Gasteiger charge is -2.13. The molecule has 1 amide bonds. The highest BCUT2D eigenvalue weighted by atomic mass is 16.6. The highest BCUT2D eigenvalue weighted by Gasteiger charge is 2.22. The van der Waals surface area contributed by atoms with E-state index in [9.17, 15) is 14.9 Å². The van der Waals surface area contributed by atoms with Crippen molar-refractivity contribution in [2.24, 2.45) is 0 Å². The molecule has 11 heteroatoms. The second-order valence-electron chi connectivity index (χ2n) is 5.55. The van der Waals surface area contributed by atoms with Crippen LogP contribution in [0.2, 0.25) is 0 Å². The number of methoxy groups -OCH3 is 3. The summed E-state index contributed by atoms with van der Waals surface area (Å²) in [4.78, 5) is 23.2. The van der Waals surface area contributed by atoms with Crippen molar-refractivity contribution >= 4 is 17.6 Å². The van der Waals surface area contributed by atoms with E-state index in [0.717, 1.165) is 0 Å². The van der Waals surface area contributed by atoms with Crippen molar-refractivity contribution in [3.8, 4) is 28.7 Å². The van der Waals surface area contributed by atoms with Crippen molar-refractivity contribution in [2.45, 2.75) is 0 Å². The molecule has 0 saturated carbocycles. The maximum Gasteiger partial charge on any atom is 0.322 e. The normalized spacial score (nSPS) is 10.3. The fraction of sp³-hybridized carbons (Fsp3) is 0.167. The predicted molar refractivity (Wildman–Crippen MR) is 100 cm³/mol. The van der Waals surface area contributed by atoms with Gasteiger partial charge >= 0.3 is 6.01 Å². The van der Waals surface area contributed by atoms with E-state index >= 15 is 0 Å². The number of hydrogen-bond donors (Lipinski definition) is 1. The number of carbonyl (C=O) groups is 1. The van der Waals surface area contributed by atoms with E-state index in [-0.39, 0.29) is 28.7 Å². The Bertz CT molecular complexity index is 1040. The van der Waals surface area contributed by atoms with Crippen LogP contribution in [-0.2, 0) is 0 Å². The molecule has 1 aromatic heterocycles. The van der Waals surface area contributed by atoms with E-state index in [0.29, 0.717) is 17.2 Å². The molecule has 11 nitrogen and oxygen atoms in total. The summed E-state index contributed by atoms with van der Waals surface area (Å²) >= 11 is 0. The molecule has 1 heterocycles. The highest BCUT2D eigenvalue weighted by Crippen LogP contribution is 2.38. The number of nitrogens with one attached hydrogen (secondary N) is 1. The van der Waals surface area contributed by atoms with Crippen LogP contribution in [0, 0.1) is 10.1 Å². The van der Waals surface area contributed by atoms with Crippen molar-refractivity contribution in [3.05, 3.63) is 52.1 Å². The molecule has 1 N–H and O–H groups in total. The fourth-order valence-corrected chi connectivity index (χ4v) is 2.58. The van der Waals surface area contributed by atoms with Crippen molar-refractivity contribution in [3.63, 3.8) is 0 Å². The topological polar surface area (TPSA) is 139 Å². The van der Waals surface area contributed by atoms with Gasteiger partial charge in [0.1, 0.15) is 5.56 Å². The van der Waals surface area contributed by atoms with Gasteiger partial charge in [-0.2, -0.15) is 0 Å². The van der Waals surface area contributed by atoms with Crippen LogP contribution in [0.1, 0.15) is 10.4 Å². The maximum absolute atomic E-state index is 12.6. The van der Waals surface area contributed by atoms with Crippen LogP contribution in [0.5, 0.6) is 17.2 Å². The number of nitro groups is 1. The molecular formula is C18H16N4O7. The minimum atomic E-state index is -0.581. The quantitative estimate of drug-likeness (QED) is 0.468. The number of nitrogens with zero attached hydrogens (tertiary/aromatic N) is 3. The van der Waals surface area contributed by atoms with Crippen molar-refractivity contribution < 1.29 is 28.3 Å². The van der Waals surface area contributed by atoms with Gasteiger partial charge in [0.2, 0.25) is 5.75 Å². The van der Waals surface area contributed by atoms with Crippen LogP contribution in [0.4, 0.5) is 11.7 Å². The molecule has 0 spiro atoms. The Morgan fingerprint density at radius 2 is 1.72 bits per heavy atom. The molecule has 0 saturated heterocycles. The zero-order chi connectivity index (χ0) is 21.0. The Morgan fingerprint density at radius 1 is 1.07 bits per heavy atom. The number of carbonyl (C=O) groups excluding carboxylic acids is 1. The lowest BCUT2D eigenvalue weighted by atomic mass is 10.1. The third kappa shape index (κ3) is 3.93. The van der Waals surface area contributed by atoms with E-state index < -0.39 is 10.8 Å². The van der Waals surface area contributed by atoms with E-state index in [1.807, 2.05) is 0 Å². The molecule has 150 valence electrons. The van der Waals surface area contributed by atoms with Crippen LogP contribution < -0.4 is 19.5 Å². The predicted octanol–water partition coefficient (Wildman–Crippen LogP) is 2.92. The molecule has 0 aliphatic heterocycles. The summed E-state index contributed by atoms with van der Waals surface area (Å²) < 4.78 is 21.0. The van der Waals surface area contributed by atoms with Gasteiger partial charge in [-0.25, -0.2) is 0 Å². The molecule has 0 radical (unpaired) electrons. The van der Waals surface area contributed by atoms with Crippen molar-refractivity contribution in [2.75, 3.05) is 26.6 Å². The Morgan fingerprint density at radius 3 is 2.31 bits per heavy atom. The van der Waals surface area contributed by atoms with Crippen molar-refractivity contribution in [1.82, 2.24) is 10.2 Å². The lowest BCUT2D eigenvalue weighted by molar-refractivity contribution is -0.384. The first-order valence-corrected chi connectivity index (χ1v) is 8.17. The van der Waals surface area contributed by atoms with Gasteiger partial charge in [-0.05, 0) is 18.2 Å². The second kappa shape index (κ2) is 8.25. The molecule has 3 aromatic rings. The SMILES string of the molecule is COc1cc(C(=O)Nc2nnc(-c3ccccc3[N+](=O)[O-])o2)cc(OC)c1OC. The summed E-state index contributed by atoms with van der Waals surface area (Å²) in [6, 6.07) is 8.58. The minimum absolute atomic E-state index is 0.0995. The van der Waals surface area contributed by atoms with Crippen LogP contribution in [0.15, 0.2) is 40.8 Å². The number of amides is 1. The number of anilines is 1. The summed E-state index contributed by atoms with van der Waals surface area (Å²) in [6.07, 6.45) is 0. The Hall–Kier alpha value is -4.15. The zero-order valence-corrected chi connectivity index (χ0v) is 15.7. The monoisotopic (exact) mass is 400 g/mol. The zero-order valence-electron chi connectivity index (χ0n) is 15.7. The lowest BCUT2D eigenvalue weighted by Crippen LogP contribution is -2.13. The van der Waals surface area contributed by atoms with Gasteiger partial charge in [0.05, 0.1) is 26.3 Å². The molecule has 0 aliphatic carbocycles. The summed E-state index contributed by atoms with van der Waals surface area (Å²) in [6.45, 7) is 0. The minimum Gasteiger partial charge on any atom is -0.493 e. The highest BCUT2D eigenvalue weighted by molar-refractivity contribution is 6.04. The average molecular weight is 400 g/mol. The first-order valence-electron chi connectivity index (χ1n) is 8.17. The first kappa shape index (κ1) is 19.6.